The Morgan fingerprint density at radius 3 is 2.77 bits per heavy atom. The molecular weight excluding hydrogens is 396 g/mol. The molecule has 0 unspecified atom stereocenters. The predicted octanol–water partition coefficient (Wildman–Crippen LogP) is 3.75. The first-order valence-electron chi connectivity index (χ1n) is 10.4. The zero-order valence-electron chi connectivity index (χ0n) is 17.1. The van der Waals surface area contributed by atoms with Crippen LogP contribution in [0.5, 0.6) is 0 Å². The summed E-state index contributed by atoms with van der Waals surface area (Å²) in [6, 6.07) is 16.0. The number of aryl methyl sites for hydroxylation is 1. The monoisotopic (exact) mass is 422 g/mol. The molecule has 0 radical (unpaired) electrons. The van der Waals surface area contributed by atoms with Gasteiger partial charge in [0.05, 0.1) is 29.3 Å². The Kier molecular flexibility index (Phi) is 6.40. The maximum Gasteiger partial charge on any atom is 0.243 e. The first kappa shape index (κ1) is 20.5. The van der Waals surface area contributed by atoms with Crippen LogP contribution in [-0.4, -0.2) is 41.3 Å². The summed E-state index contributed by atoms with van der Waals surface area (Å²) in [7, 11) is 0. The van der Waals surface area contributed by atoms with Crippen molar-refractivity contribution in [3.8, 4) is 0 Å². The Hall–Kier alpha value is -2.77. The minimum atomic E-state index is -0.214. The fourth-order valence-electron chi connectivity index (χ4n) is 3.89. The van der Waals surface area contributed by atoms with E-state index in [1.807, 2.05) is 49.4 Å². The number of fused-ring (bicyclic) bond motifs is 1. The number of carbonyl (C=O) groups excluding carboxylic acids is 2. The van der Waals surface area contributed by atoms with Crippen LogP contribution >= 0.6 is 11.3 Å². The van der Waals surface area contributed by atoms with Gasteiger partial charge in [-0.05, 0) is 49.6 Å². The topological polar surface area (TPSA) is 74.3 Å². The number of aromatic nitrogens is 1. The Morgan fingerprint density at radius 2 is 1.93 bits per heavy atom. The maximum absolute atomic E-state index is 12.5. The zero-order chi connectivity index (χ0) is 20.9. The van der Waals surface area contributed by atoms with E-state index in [0.717, 1.165) is 47.6 Å². The third-order valence-corrected chi connectivity index (χ3v) is 6.56. The Bertz CT molecular complexity index is 1020. The van der Waals surface area contributed by atoms with E-state index in [9.17, 15) is 9.59 Å². The molecule has 1 aliphatic heterocycles. The summed E-state index contributed by atoms with van der Waals surface area (Å²) in [5.41, 5.74) is 2.89. The minimum absolute atomic E-state index is 0.0312. The van der Waals surface area contributed by atoms with Gasteiger partial charge < -0.3 is 10.6 Å². The van der Waals surface area contributed by atoms with Gasteiger partial charge in [-0.15, -0.1) is 11.3 Å². The van der Waals surface area contributed by atoms with E-state index in [4.69, 9.17) is 4.98 Å². The van der Waals surface area contributed by atoms with Gasteiger partial charge in [0.25, 0.3) is 0 Å². The van der Waals surface area contributed by atoms with E-state index in [2.05, 4.69) is 21.6 Å². The maximum atomic E-state index is 12.5. The highest BCUT2D eigenvalue weighted by Gasteiger charge is 2.30. The lowest BCUT2D eigenvalue weighted by Crippen LogP contribution is -2.40. The van der Waals surface area contributed by atoms with E-state index in [0.29, 0.717) is 0 Å². The average Bonchev–Trinajstić information content (AvgIpc) is 3.39. The Balaban J connectivity index is 1.31. The standard InChI is InChI=1S/C23H26N4O2S/c1-2-16-8-3-4-9-17(16)25-21(28)14-24-22(29)15-27-13-7-11-19(27)23-26-18-10-5-6-12-20(18)30-23/h3-6,8-10,12,19H,2,7,11,13-15H2,1H3,(H,24,29)(H,25,28)/t19-/m0/s1. The average molecular weight is 423 g/mol. The van der Waals surface area contributed by atoms with Gasteiger partial charge in [-0.1, -0.05) is 37.3 Å². The number of rotatable bonds is 7. The molecule has 1 aromatic heterocycles. The largest absolute Gasteiger partial charge is 0.346 e. The number of para-hydroxylation sites is 2. The van der Waals surface area contributed by atoms with Crippen molar-refractivity contribution in [1.82, 2.24) is 15.2 Å². The van der Waals surface area contributed by atoms with Crippen molar-refractivity contribution < 1.29 is 9.59 Å². The normalized spacial score (nSPS) is 16.6. The first-order valence-corrected chi connectivity index (χ1v) is 11.2. The van der Waals surface area contributed by atoms with E-state index in [1.165, 1.54) is 4.70 Å². The number of carbonyl (C=O) groups is 2. The second-order valence-corrected chi connectivity index (χ2v) is 8.55. The molecule has 2 amide bonds. The number of benzene rings is 2. The lowest BCUT2D eigenvalue weighted by atomic mass is 10.1. The number of amides is 2. The highest BCUT2D eigenvalue weighted by Crippen LogP contribution is 2.36. The molecule has 3 aromatic rings. The van der Waals surface area contributed by atoms with Crippen LogP contribution in [0, 0.1) is 0 Å². The van der Waals surface area contributed by atoms with Gasteiger partial charge >= 0.3 is 0 Å². The third kappa shape index (κ3) is 4.68. The van der Waals surface area contributed by atoms with Crippen molar-refractivity contribution in [2.75, 3.05) is 25.0 Å². The van der Waals surface area contributed by atoms with Crippen molar-refractivity contribution in [3.63, 3.8) is 0 Å². The third-order valence-electron chi connectivity index (χ3n) is 5.42. The smallest absolute Gasteiger partial charge is 0.243 e. The highest BCUT2D eigenvalue weighted by molar-refractivity contribution is 7.18. The van der Waals surface area contributed by atoms with Gasteiger partial charge in [-0.2, -0.15) is 0 Å². The van der Waals surface area contributed by atoms with E-state index < -0.39 is 0 Å². The van der Waals surface area contributed by atoms with Crippen LogP contribution in [-0.2, 0) is 16.0 Å². The fraction of sp³-hybridized carbons (Fsp3) is 0.348. The molecule has 7 heteroatoms. The predicted molar refractivity (Wildman–Crippen MR) is 121 cm³/mol. The van der Waals surface area contributed by atoms with Crippen molar-refractivity contribution in [2.24, 2.45) is 0 Å². The summed E-state index contributed by atoms with van der Waals surface area (Å²) in [6.07, 6.45) is 2.88. The van der Waals surface area contributed by atoms with Crippen LogP contribution in [0.15, 0.2) is 48.5 Å². The molecule has 2 N–H and O–H groups in total. The minimum Gasteiger partial charge on any atom is -0.346 e. The summed E-state index contributed by atoms with van der Waals surface area (Å²) in [6.45, 7) is 3.16. The second kappa shape index (κ2) is 9.36. The molecule has 1 atom stereocenters. The van der Waals surface area contributed by atoms with E-state index >= 15 is 0 Å². The van der Waals surface area contributed by atoms with Crippen LogP contribution in [0.1, 0.15) is 36.4 Å². The molecule has 1 aliphatic rings. The van der Waals surface area contributed by atoms with Crippen LogP contribution in [0.2, 0.25) is 0 Å². The van der Waals surface area contributed by atoms with Gasteiger partial charge in [-0.25, -0.2) is 4.98 Å². The molecule has 6 nitrogen and oxygen atoms in total. The molecule has 1 saturated heterocycles. The van der Waals surface area contributed by atoms with Crippen molar-refractivity contribution in [1.29, 1.82) is 0 Å². The second-order valence-electron chi connectivity index (χ2n) is 7.48. The zero-order valence-corrected chi connectivity index (χ0v) is 17.9. The lowest BCUT2D eigenvalue weighted by molar-refractivity contribution is -0.125. The van der Waals surface area contributed by atoms with Crippen LogP contribution in [0.3, 0.4) is 0 Å². The molecule has 1 fully saturated rings. The van der Waals surface area contributed by atoms with E-state index in [-0.39, 0.29) is 30.9 Å². The molecule has 0 spiro atoms. The number of hydrogen-bond acceptors (Lipinski definition) is 5. The van der Waals surface area contributed by atoms with Crippen LogP contribution in [0.25, 0.3) is 10.2 Å². The van der Waals surface area contributed by atoms with Crippen molar-refractivity contribution in [2.45, 2.75) is 32.2 Å². The quantitative estimate of drug-likeness (QED) is 0.608. The number of likely N-dealkylation sites (tertiary alicyclic amines) is 1. The Labute approximate surface area is 180 Å². The van der Waals surface area contributed by atoms with Crippen molar-refractivity contribution >= 4 is 39.1 Å². The van der Waals surface area contributed by atoms with Gasteiger partial charge in [0.15, 0.2) is 0 Å². The summed E-state index contributed by atoms with van der Waals surface area (Å²) in [5.74, 6) is -0.352. The lowest BCUT2D eigenvalue weighted by Gasteiger charge is -2.22. The summed E-state index contributed by atoms with van der Waals surface area (Å²) < 4.78 is 1.17. The molecule has 0 bridgehead atoms. The van der Waals surface area contributed by atoms with Gasteiger partial charge in [-0.3, -0.25) is 14.5 Å². The number of hydrogen-bond donors (Lipinski definition) is 2. The van der Waals surface area contributed by atoms with Gasteiger partial charge in [0.1, 0.15) is 5.01 Å². The summed E-state index contributed by atoms with van der Waals surface area (Å²) in [5, 5.41) is 6.71. The summed E-state index contributed by atoms with van der Waals surface area (Å²) >= 11 is 1.70. The van der Waals surface area contributed by atoms with Crippen LogP contribution in [0.4, 0.5) is 5.69 Å². The Morgan fingerprint density at radius 1 is 1.13 bits per heavy atom. The number of nitrogens with zero attached hydrogens (tertiary/aromatic N) is 2. The fourth-order valence-corrected chi connectivity index (χ4v) is 5.03. The van der Waals surface area contributed by atoms with Crippen LogP contribution < -0.4 is 10.6 Å². The molecule has 156 valence electrons. The molecule has 2 aromatic carbocycles. The summed E-state index contributed by atoms with van der Waals surface area (Å²) in [4.78, 5) is 31.7. The number of anilines is 1. The van der Waals surface area contributed by atoms with E-state index in [1.54, 1.807) is 11.3 Å². The van der Waals surface area contributed by atoms with Crippen molar-refractivity contribution in [3.05, 3.63) is 59.1 Å². The number of nitrogens with one attached hydrogen (secondary N) is 2. The molecule has 30 heavy (non-hydrogen) atoms. The SMILES string of the molecule is CCc1ccccc1NC(=O)CNC(=O)CN1CCC[C@H]1c1nc2ccccc2s1. The highest BCUT2D eigenvalue weighted by atomic mass is 32.1. The molecular formula is C23H26N4O2S. The first-order chi connectivity index (χ1) is 14.6. The number of thiazole rings is 1. The molecule has 4 rings (SSSR count). The molecule has 2 heterocycles. The van der Waals surface area contributed by atoms with Gasteiger partial charge in [0.2, 0.25) is 11.8 Å². The molecule has 0 saturated carbocycles. The molecule has 0 aliphatic carbocycles. The van der Waals surface area contributed by atoms with Gasteiger partial charge in [0, 0.05) is 5.69 Å².